The summed E-state index contributed by atoms with van der Waals surface area (Å²) in [7, 11) is 1.81. The molecule has 2 N–H and O–H groups in total. The van der Waals surface area contributed by atoms with Gasteiger partial charge in [-0.3, -0.25) is 9.59 Å². The van der Waals surface area contributed by atoms with Gasteiger partial charge in [0, 0.05) is 6.54 Å². The van der Waals surface area contributed by atoms with Crippen LogP contribution in [0.3, 0.4) is 0 Å². The quantitative estimate of drug-likeness (QED) is 0.684. The third-order valence-electron chi connectivity index (χ3n) is 3.20. The third-order valence-corrected chi connectivity index (χ3v) is 3.20. The van der Waals surface area contributed by atoms with E-state index >= 15 is 0 Å². The second kappa shape index (κ2) is 7.55. The summed E-state index contributed by atoms with van der Waals surface area (Å²) >= 11 is 0. The fraction of sp³-hybridized carbons (Fsp3) is 0.571. The van der Waals surface area contributed by atoms with E-state index in [9.17, 15) is 9.59 Å². The van der Waals surface area contributed by atoms with E-state index in [1.165, 1.54) is 4.68 Å². The Morgan fingerprint density at radius 1 is 1.48 bits per heavy atom. The highest BCUT2D eigenvalue weighted by Crippen LogP contribution is 2.03. The highest BCUT2D eigenvalue weighted by Gasteiger charge is 2.15. The van der Waals surface area contributed by atoms with Gasteiger partial charge in [-0.15, -0.1) is 0 Å². The van der Waals surface area contributed by atoms with Gasteiger partial charge < -0.3 is 10.2 Å². The van der Waals surface area contributed by atoms with E-state index in [0.717, 1.165) is 11.3 Å². The topological polar surface area (TPSA) is 92.2 Å². The molecule has 0 aliphatic heterocycles. The number of nitrogens with zero attached hydrogens (tertiary/aromatic N) is 3. The number of hydrogen-bond acceptors (Lipinski definition) is 4. The molecule has 0 saturated carbocycles. The van der Waals surface area contributed by atoms with E-state index in [0.29, 0.717) is 17.8 Å². The van der Waals surface area contributed by atoms with Crippen LogP contribution in [0.15, 0.2) is 4.79 Å². The largest absolute Gasteiger partial charge is 0.351 e. The molecule has 7 nitrogen and oxygen atoms in total. The van der Waals surface area contributed by atoms with E-state index in [-0.39, 0.29) is 24.7 Å². The molecule has 0 aromatic carbocycles. The van der Waals surface area contributed by atoms with Crippen LogP contribution in [0.2, 0.25) is 0 Å². The molecule has 0 aliphatic rings. The van der Waals surface area contributed by atoms with Crippen molar-refractivity contribution in [2.24, 2.45) is 0 Å². The first-order valence-electron chi connectivity index (χ1n) is 6.97. The van der Waals surface area contributed by atoms with E-state index in [2.05, 4.69) is 10.4 Å². The fourth-order valence-corrected chi connectivity index (χ4v) is 1.92. The SMILES string of the molecule is CCCNC(=O)C[NH+](C)Cn1nc(C)c(C)c(C#N)c1=O. The summed E-state index contributed by atoms with van der Waals surface area (Å²) in [5.41, 5.74) is 0.964. The number of likely N-dealkylation sites (N-methyl/N-ethyl adjacent to an activating group) is 1. The van der Waals surface area contributed by atoms with Crippen molar-refractivity contribution in [2.45, 2.75) is 33.9 Å². The van der Waals surface area contributed by atoms with Crippen LogP contribution in [-0.2, 0) is 11.5 Å². The molecule has 0 radical (unpaired) electrons. The molecule has 0 bridgehead atoms. The van der Waals surface area contributed by atoms with Gasteiger partial charge in [0.15, 0.2) is 13.2 Å². The predicted molar refractivity (Wildman–Crippen MR) is 77.7 cm³/mol. The van der Waals surface area contributed by atoms with Crippen LogP contribution in [0, 0.1) is 25.2 Å². The van der Waals surface area contributed by atoms with Crippen LogP contribution in [0.25, 0.3) is 0 Å². The first-order valence-corrected chi connectivity index (χ1v) is 6.97. The Morgan fingerprint density at radius 2 is 2.14 bits per heavy atom. The molecule has 0 saturated heterocycles. The van der Waals surface area contributed by atoms with Crippen LogP contribution in [0.4, 0.5) is 0 Å². The number of hydrogen-bond donors (Lipinski definition) is 2. The Bertz CT molecular complexity index is 615. The van der Waals surface area contributed by atoms with Gasteiger partial charge in [0.1, 0.15) is 11.6 Å². The molecule has 0 spiro atoms. The number of quaternary nitrogens is 1. The number of amides is 1. The van der Waals surface area contributed by atoms with E-state index < -0.39 is 5.56 Å². The molecule has 1 rings (SSSR count). The molecular formula is C14H22N5O2+. The standard InChI is InChI=1S/C14H21N5O2/c1-5-6-16-13(20)8-18(4)9-19-14(21)12(7-15)10(2)11(3)17-19/h5-6,8-9H2,1-4H3,(H,16,20)/p+1. The minimum absolute atomic E-state index is 0.0632. The van der Waals surface area contributed by atoms with Gasteiger partial charge in [0.25, 0.3) is 11.5 Å². The predicted octanol–water partition coefficient (Wildman–Crippen LogP) is -1.27. The molecule has 1 amide bonds. The summed E-state index contributed by atoms with van der Waals surface area (Å²) in [4.78, 5) is 24.6. The molecule has 1 heterocycles. The third kappa shape index (κ3) is 4.39. The highest BCUT2D eigenvalue weighted by molar-refractivity contribution is 5.76. The lowest BCUT2D eigenvalue weighted by molar-refractivity contribution is -0.895. The van der Waals surface area contributed by atoms with Gasteiger partial charge in [-0.05, 0) is 25.8 Å². The van der Waals surface area contributed by atoms with Crippen molar-refractivity contribution in [3.05, 3.63) is 27.2 Å². The average Bonchev–Trinajstić information content (AvgIpc) is 2.43. The molecule has 1 aromatic heterocycles. The number of carbonyl (C=O) groups is 1. The second-order valence-electron chi connectivity index (χ2n) is 5.14. The van der Waals surface area contributed by atoms with Gasteiger partial charge in [-0.25, -0.2) is 0 Å². The summed E-state index contributed by atoms with van der Waals surface area (Å²) in [6, 6.07) is 1.92. The minimum atomic E-state index is -0.408. The van der Waals surface area contributed by atoms with Crippen molar-refractivity contribution in [1.29, 1.82) is 5.26 Å². The number of aryl methyl sites for hydroxylation is 1. The average molecular weight is 292 g/mol. The van der Waals surface area contributed by atoms with Gasteiger partial charge in [0.05, 0.1) is 12.7 Å². The fourth-order valence-electron chi connectivity index (χ4n) is 1.92. The van der Waals surface area contributed by atoms with E-state index in [1.807, 2.05) is 13.0 Å². The number of rotatable bonds is 6. The summed E-state index contributed by atoms with van der Waals surface area (Å²) < 4.78 is 1.25. The number of nitriles is 1. The van der Waals surface area contributed by atoms with Crippen molar-refractivity contribution in [1.82, 2.24) is 15.1 Å². The van der Waals surface area contributed by atoms with Crippen LogP contribution < -0.4 is 15.8 Å². The van der Waals surface area contributed by atoms with Crippen LogP contribution in [0.1, 0.15) is 30.2 Å². The maximum atomic E-state index is 12.1. The Kier molecular flexibility index (Phi) is 6.06. The summed E-state index contributed by atoms with van der Waals surface area (Å²) in [6.45, 7) is 6.60. The normalized spacial score (nSPS) is 11.8. The zero-order valence-electron chi connectivity index (χ0n) is 13.0. The maximum Gasteiger partial charge on any atom is 0.289 e. The number of carbonyl (C=O) groups excluding carboxylic acids is 1. The highest BCUT2D eigenvalue weighted by atomic mass is 16.2. The molecule has 1 unspecified atom stereocenters. The molecule has 0 aliphatic carbocycles. The van der Waals surface area contributed by atoms with E-state index in [1.54, 1.807) is 20.9 Å². The molecule has 21 heavy (non-hydrogen) atoms. The van der Waals surface area contributed by atoms with Gasteiger partial charge in [-0.2, -0.15) is 15.0 Å². The molecule has 7 heteroatoms. The van der Waals surface area contributed by atoms with Crippen LogP contribution in [0.5, 0.6) is 0 Å². The summed E-state index contributed by atoms with van der Waals surface area (Å²) in [6.07, 6.45) is 0.883. The number of nitrogens with one attached hydrogen (secondary N) is 2. The second-order valence-corrected chi connectivity index (χ2v) is 5.14. The van der Waals surface area contributed by atoms with Crippen molar-refractivity contribution < 1.29 is 9.69 Å². The Hall–Kier alpha value is -2.20. The maximum absolute atomic E-state index is 12.1. The zero-order chi connectivity index (χ0) is 16.0. The molecule has 0 fully saturated rings. The Labute approximate surface area is 124 Å². The molecule has 114 valence electrons. The summed E-state index contributed by atoms with van der Waals surface area (Å²) in [5.74, 6) is -0.0632. The van der Waals surface area contributed by atoms with Crippen molar-refractivity contribution in [2.75, 3.05) is 20.1 Å². The molecule has 1 aromatic rings. The van der Waals surface area contributed by atoms with Gasteiger partial charge >= 0.3 is 0 Å². The minimum Gasteiger partial charge on any atom is -0.351 e. The van der Waals surface area contributed by atoms with E-state index in [4.69, 9.17) is 5.26 Å². The Balaban J connectivity index is 2.85. The molecular weight excluding hydrogens is 270 g/mol. The summed E-state index contributed by atoms with van der Waals surface area (Å²) in [5, 5.41) is 16.0. The lowest BCUT2D eigenvalue weighted by Crippen LogP contribution is -3.10. The smallest absolute Gasteiger partial charge is 0.289 e. The van der Waals surface area contributed by atoms with Crippen molar-refractivity contribution in [3.8, 4) is 6.07 Å². The van der Waals surface area contributed by atoms with Crippen LogP contribution >= 0.6 is 0 Å². The van der Waals surface area contributed by atoms with Gasteiger partial charge in [0.2, 0.25) is 0 Å². The first kappa shape index (κ1) is 16.9. The molecule has 1 atom stereocenters. The van der Waals surface area contributed by atoms with Gasteiger partial charge in [-0.1, -0.05) is 6.92 Å². The number of aromatic nitrogens is 2. The monoisotopic (exact) mass is 292 g/mol. The lowest BCUT2D eigenvalue weighted by atomic mass is 10.1. The van der Waals surface area contributed by atoms with Crippen molar-refractivity contribution in [3.63, 3.8) is 0 Å². The lowest BCUT2D eigenvalue weighted by Gasteiger charge is -2.15. The van der Waals surface area contributed by atoms with Crippen molar-refractivity contribution >= 4 is 5.91 Å². The van der Waals surface area contributed by atoms with Crippen LogP contribution in [-0.4, -0.2) is 35.8 Å². The zero-order valence-corrected chi connectivity index (χ0v) is 13.0. The first-order chi connectivity index (χ1) is 9.90. The Morgan fingerprint density at radius 3 is 2.71 bits per heavy atom.